The fourth-order valence-electron chi connectivity index (χ4n) is 2.68. The topological polar surface area (TPSA) is 68.0 Å². The highest BCUT2D eigenvalue weighted by atomic mass is 19.1. The molecule has 0 radical (unpaired) electrons. The Hall–Kier alpha value is -3.02. The Morgan fingerprint density at radius 3 is 2.65 bits per heavy atom. The molecule has 0 saturated heterocycles. The van der Waals surface area contributed by atoms with Gasteiger partial charge in [0, 0.05) is 24.0 Å². The fourth-order valence-corrected chi connectivity index (χ4v) is 2.68. The van der Waals surface area contributed by atoms with Gasteiger partial charge in [-0.05, 0) is 19.4 Å². The predicted molar refractivity (Wildman–Crippen MR) is 95.6 cm³/mol. The number of aryl methyl sites for hydroxylation is 1. The van der Waals surface area contributed by atoms with Gasteiger partial charge in [0.2, 0.25) is 17.6 Å². The number of nitrogens with one attached hydrogen (secondary N) is 1. The Morgan fingerprint density at radius 2 is 1.88 bits per heavy atom. The van der Waals surface area contributed by atoms with Gasteiger partial charge < -0.3 is 9.84 Å². The van der Waals surface area contributed by atoms with Crippen LogP contribution in [0.4, 0.5) is 4.39 Å². The van der Waals surface area contributed by atoms with E-state index in [1.165, 1.54) is 6.07 Å². The Morgan fingerprint density at radius 1 is 1.15 bits per heavy atom. The zero-order chi connectivity index (χ0) is 18.4. The molecule has 3 rings (SSSR count). The Kier molecular flexibility index (Phi) is 5.73. The maximum absolute atomic E-state index is 13.7. The molecule has 0 aliphatic heterocycles. The van der Waals surface area contributed by atoms with Crippen molar-refractivity contribution in [1.29, 1.82) is 0 Å². The Labute approximate surface area is 151 Å². The number of nitrogens with zero attached hydrogens (tertiary/aromatic N) is 2. The maximum atomic E-state index is 13.7. The SMILES string of the molecule is CC(NC(=O)CCCc1nc(-c2ccccc2)no1)c1ccccc1F. The summed E-state index contributed by atoms with van der Waals surface area (Å²) < 4.78 is 19.0. The van der Waals surface area contributed by atoms with Crippen molar-refractivity contribution < 1.29 is 13.7 Å². The van der Waals surface area contributed by atoms with E-state index >= 15 is 0 Å². The lowest BCUT2D eigenvalue weighted by Gasteiger charge is -2.14. The van der Waals surface area contributed by atoms with Crippen molar-refractivity contribution in [1.82, 2.24) is 15.5 Å². The molecule has 1 unspecified atom stereocenters. The first-order valence-electron chi connectivity index (χ1n) is 8.55. The van der Waals surface area contributed by atoms with E-state index in [4.69, 9.17) is 4.52 Å². The highest BCUT2D eigenvalue weighted by Crippen LogP contribution is 2.17. The molecule has 0 spiro atoms. The summed E-state index contributed by atoms with van der Waals surface area (Å²) in [7, 11) is 0. The standard InChI is InChI=1S/C20H20FN3O2/c1-14(16-10-5-6-11-17(16)21)22-18(25)12-7-13-19-23-20(24-26-19)15-8-3-2-4-9-15/h2-6,8-11,14H,7,12-13H2,1H3,(H,22,25). The van der Waals surface area contributed by atoms with Gasteiger partial charge in [-0.1, -0.05) is 53.7 Å². The van der Waals surface area contributed by atoms with Gasteiger partial charge in [0.15, 0.2) is 0 Å². The van der Waals surface area contributed by atoms with Crippen LogP contribution in [0.5, 0.6) is 0 Å². The van der Waals surface area contributed by atoms with Crippen molar-refractivity contribution in [3.63, 3.8) is 0 Å². The minimum atomic E-state index is -0.378. The van der Waals surface area contributed by atoms with E-state index in [9.17, 15) is 9.18 Å². The molecule has 134 valence electrons. The second-order valence-corrected chi connectivity index (χ2v) is 6.04. The average Bonchev–Trinajstić information content (AvgIpc) is 3.11. The molecular weight excluding hydrogens is 333 g/mol. The van der Waals surface area contributed by atoms with Crippen molar-refractivity contribution in [3.05, 3.63) is 71.9 Å². The summed E-state index contributed by atoms with van der Waals surface area (Å²) >= 11 is 0. The number of carbonyl (C=O) groups is 1. The highest BCUT2D eigenvalue weighted by Gasteiger charge is 2.14. The molecule has 1 heterocycles. The first-order valence-corrected chi connectivity index (χ1v) is 8.55. The minimum absolute atomic E-state index is 0.136. The number of carbonyl (C=O) groups excluding carboxylic acids is 1. The molecule has 26 heavy (non-hydrogen) atoms. The van der Waals surface area contributed by atoms with Crippen molar-refractivity contribution >= 4 is 5.91 Å². The van der Waals surface area contributed by atoms with Crippen LogP contribution < -0.4 is 5.32 Å². The number of rotatable bonds is 7. The third-order valence-electron chi connectivity index (χ3n) is 4.04. The summed E-state index contributed by atoms with van der Waals surface area (Å²) in [6.45, 7) is 1.76. The normalized spacial score (nSPS) is 11.9. The van der Waals surface area contributed by atoms with Crippen molar-refractivity contribution in [2.45, 2.75) is 32.2 Å². The van der Waals surface area contributed by atoms with E-state index in [1.807, 2.05) is 30.3 Å². The zero-order valence-corrected chi connectivity index (χ0v) is 14.5. The molecule has 0 bridgehead atoms. The number of benzene rings is 2. The van der Waals surface area contributed by atoms with Crippen LogP contribution in [0.1, 0.15) is 37.3 Å². The first-order chi connectivity index (χ1) is 12.6. The van der Waals surface area contributed by atoms with Crippen molar-refractivity contribution in [2.75, 3.05) is 0 Å². The van der Waals surface area contributed by atoms with Crippen LogP contribution in [-0.4, -0.2) is 16.0 Å². The molecule has 1 amide bonds. The third-order valence-corrected chi connectivity index (χ3v) is 4.04. The lowest BCUT2D eigenvalue weighted by atomic mass is 10.1. The fraction of sp³-hybridized carbons (Fsp3) is 0.250. The van der Waals surface area contributed by atoms with Crippen LogP contribution in [0.2, 0.25) is 0 Å². The smallest absolute Gasteiger partial charge is 0.226 e. The van der Waals surface area contributed by atoms with Crippen LogP contribution >= 0.6 is 0 Å². The molecule has 0 aliphatic carbocycles. The predicted octanol–water partition coefficient (Wildman–Crippen LogP) is 4.08. The maximum Gasteiger partial charge on any atom is 0.226 e. The van der Waals surface area contributed by atoms with E-state index in [0.717, 1.165) is 5.56 Å². The van der Waals surface area contributed by atoms with Crippen LogP contribution in [-0.2, 0) is 11.2 Å². The van der Waals surface area contributed by atoms with Gasteiger partial charge in [-0.25, -0.2) is 4.39 Å². The molecule has 1 N–H and O–H groups in total. The average molecular weight is 353 g/mol. The summed E-state index contributed by atoms with van der Waals surface area (Å²) in [6, 6.07) is 15.6. The summed E-state index contributed by atoms with van der Waals surface area (Å²) in [5.41, 5.74) is 1.37. The third kappa shape index (κ3) is 4.53. The van der Waals surface area contributed by atoms with E-state index < -0.39 is 0 Å². The minimum Gasteiger partial charge on any atom is -0.349 e. The molecular formula is C20H20FN3O2. The van der Waals surface area contributed by atoms with Gasteiger partial charge in [0.25, 0.3) is 0 Å². The van der Waals surface area contributed by atoms with Gasteiger partial charge in [0.05, 0.1) is 6.04 Å². The van der Waals surface area contributed by atoms with E-state index in [1.54, 1.807) is 25.1 Å². The number of hydrogen-bond acceptors (Lipinski definition) is 4. The van der Waals surface area contributed by atoms with E-state index in [0.29, 0.717) is 36.5 Å². The molecule has 6 heteroatoms. The molecule has 0 aliphatic rings. The number of halogens is 1. The molecule has 2 aromatic carbocycles. The Bertz CT molecular complexity index is 864. The van der Waals surface area contributed by atoms with Crippen molar-refractivity contribution in [2.24, 2.45) is 0 Å². The molecule has 3 aromatic rings. The quantitative estimate of drug-likeness (QED) is 0.695. The zero-order valence-electron chi connectivity index (χ0n) is 14.5. The van der Waals surface area contributed by atoms with Gasteiger partial charge in [-0.15, -0.1) is 0 Å². The number of hydrogen-bond donors (Lipinski definition) is 1. The number of aromatic nitrogens is 2. The van der Waals surface area contributed by atoms with Gasteiger partial charge in [-0.2, -0.15) is 4.98 Å². The second-order valence-electron chi connectivity index (χ2n) is 6.04. The molecule has 1 aromatic heterocycles. The summed E-state index contributed by atoms with van der Waals surface area (Å²) in [6.07, 6.45) is 1.40. The number of amides is 1. The molecule has 5 nitrogen and oxygen atoms in total. The van der Waals surface area contributed by atoms with E-state index in [-0.39, 0.29) is 17.8 Å². The first kappa shape index (κ1) is 17.8. The van der Waals surface area contributed by atoms with Gasteiger partial charge in [-0.3, -0.25) is 4.79 Å². The van der Waals surface area contributed by atoms with E-state index in [2.05, 4.69) is 15.5 Å². The van der Waals surface area contributed by atoms with Crippen molar-refractivity contribution in [3.8, 4) is 11.4 Å². The van der Waals surface area contributed by atoms with Crippen LogP contribution in [0.15, 0.2) is 59.1 Å². The molecule has 0 fully saturated rings. The van der Waals surface area contributed by atoms with Crippen LogP contribution in [0.3, 0.4) is 0 Å². The lowest BCUT2D eigenvalue weighted by Crippen LogP contribution is -2.27. The largest absolute Gasteiger partial charge is 0.349 e. The lowest BCUT2D eigenvalue weighted by molar-refractivity contribution is -0.121. The summed E-state index contributed by atoms with van der Waals surface area (Å²) in [5.74, 6) is 0.584. The highest BCUT2D eigenvalue weighted by molar-refractivity contribution is 5.76. The monoisotopic (exact) mass is 353 g/mol. The van der Waals surface area contributed by atoms with Gasteiger partial charge >= 0.3 is 0 Å². The Balaban J connectivity index is 1.47. The van der Waals surface area contributed by atoms with Gasteiger partial charge in [0.1, 0.15) is 5.82 Å². The van der Waals surface area contributed by atoms with Crippen LogP contribution in [0.25, 0.3) is 11.4 Å². The second kappa shape index (κ2) is 8.38. The summed E-state index contributed by atoms with van der Waals surface area (Å²) in [4.78, 5) is 16.4. The molecule has 0 saturated carbocycles. The van der Waals surface area contributed by atoms with Crippen LogP contribution in [0, 0.1) is 5.82 Å². The molecule has 1 atom stereocenters. The summed E-state index contributed by atoms with van der Waals surface area (Å²) in [5, 5.41) is 6.76.